The van der Waals surface area contributed by atoms with E-state index in [9.17, 15) is 13.2 Å². The number of carbonyl (C=O) groups is 1. The second-order valence-electron chi connectivity index (χ2n) is 5.60. The van der Waals surface area contributed by atoms with E-state index in [4.69, 9.17) is 9.15 Å². The van der Waals surface area contributed by atoms with Crippen LogP contribution in [-0.2, 0) is 21.3 Å². The number of nitrogens with zero attached hydrogens (tertiary/aromatic N) is 1. The van der Waals surface area contributed by atoms with Gasteiger partial charge in [-0.25, -0.2) is 17.5 Å². The van der Waals surface area contributed by atoms with Crippen molar-refractivity contribution in [2.24, 2.45) is 0 Å². The quantitative estimate of drug-likeness (QED) is 0.758. The zero-order chi connectivity index (χ0) is 18.6. The highest BCUT2D eigenvalue weighted by Gasteiger charge is 2.19. The Morgan fingerprint density at radius 2 is 2.00 bits per heavy atom. The molecule has 2 aromatic rings. The van der Waals surface area contributed by atoms with Gasteiger partial charge in [-0.2, -0.15) is 0 Å². The van der Waals surface area contributed by atoms with Crippen LogP contribution in [0.15, 0.2) is 39.8 Å². The van der Waals surface area contributed by atoms with E-state index < -0.39 is 16.0 Å². The Labute approximate surface area is 147 Å². The van der Waals surface area contributed by atoms with Crippen LogP contribution in [0, 0.1) is 6.92 Å². The summed E-state index contributed by atoms with van der Waals surface area (Å²) in [7, 11) is -0.556. The number of carbonyl (C=O) groups excluding carboxylic acids is 1. The monoisotopic (exact) mass is 366 g/mol. The lowest BCUT2D eigenvalue weighted by molar-refractivity contribution is 0.0524. The molecule has 7 nitrogen and oxygen atoms in total. The summed E-state index contributed by atoms with van der Waals surface area (Å²) >= 11 is 0. The number of hydrogen-bond acceptors (Lipinski definition) is 6. The lowest BCUT2D eigenvalue weighted by Gasteiger charge is -2.14. The molecule has 8 heteroatoms. The third-order valence-electron chi connectivity index (χ3n) is 3.67. The first-order valence-corrected chi connectivity index (χ1v) is 9.22. The van der Waals surface area contributed by atoms with Crippen molar-refractivity contribution in [3.63, 3.8) is 0 Å². The molecule has 0 saturated carbocycles. The standard InChI is InChI=1S/C17H22N2O5S/c1-5-23-17(20)14-8-9-24-16(14)11-18-15-10-13(7-6-12(15)2)25(21,22)19(3)4/h6-10,18H,5,11H2,1-4H3. The molecule has 0 saturated heterocycles. The van der Waals surface area contributed by atoms with Crippen LogP contribution in [0.2, 0.25) is 0 Å². The van der Waals surface area contributed by atoms with Gasteiger partial charge in [-0.1, -0.05) is 6.07 Å². The molecule has 1 heterocycles. The lowest BCUT2D eigenvalue weighted by atomic mass is 10.2. The number of nitrogens with one attached hydrogen (secondary N) is 1. The van der Waals surface area contributed by atoms with E-state index in [1.165, 1.54) is 20.4 Å². The largest absolute Gasteiger partial charge is 0.467 e. The van der Waals surface area contributed by atoms with Crippen molar-refractivity contribution in [1.29, 1.82) is 0 Å². The third-order valence-corrected chi connectivity index (χ3v) is 5.48. The van der Waals surface area contributed by atoms with Crippen molar-refractivity contribution in [2.75, 3.05) is 26.0 Å². The molecule has 25 heavy (non-hydrogen) atoms. The van der Waals surface area contributed by atoms with Crippen LogP contribution >= 0.6 is 0 Å². The van der Waals surface area contributed by atoms with Gasteiger partial charge in [0.2, 0.25) is 10.0 Å². The van der Waals surface area contributed by atoms with Crippen molar-refractivity contribution >= 4 is 21.7 Å². The summed E-state index contributed by atoms with van der Waals surface area (Å²) in [6.07, 6.45) is 1.42. The number of benzene rings is 1. The average Bonchev–Trinajstić information content (AvgIpc) is 3.02. The minimum Gasteiger partial charge on any atom is -0.467 e. The van der Waals surface area contributed by atoms with Crippen LogP contribution in [0.5, 0.6) is 0 Å². The molecule has 1 aromatic carbocycles. The number of rotatable bonds is 7. The second kappa shape index (κ2) is 7.71. The normalized spacial score (nSPS) is 11.6. The maximum absolute atomic E-state index is 12.3. The van der Waals surface area contributed by atoms with Gasteiger partial charge in [0.25, 0.3) is 0 Å². The summed E-state index contributed by atoms with van der Waals surface area (Å²) < 4.78 is 36.0. The van der Waals surface area contributed by atoms with E-state index in [-0.39, 0.29) is 18.0 Å². The molecule has 0 aliphatic heterocycles. The van der Waals surface area contributed by atoms with E-state index in [1.807, 2.05) is 6.92 Å². The first kappa shape index (κ1) is 19.0. The summed E-state index contributed by atoms with van der Waals surface area (Å²) in [5.74, 6) is -0.0209. The van der Waals surface area contributed by atoms with E-state index in [0.29, 0.717) is 17.0 Å². The summed E-state index contributed by atoms with van der Waals surface area (Å²) in [6.45, 7) is 4.10. The zero-order valence-corrected chi connectivity index (χ0v) is 15.5. The predicted molar refractivity (Wildman–Crippen MR) is 94.0 cm³/mol. The minimum absolute atomic E-state index is 0.190. The van der Waals surface area contributed by atoms with Gasteiger partial charge in [0, 0.05) is 19.8 Å². The van der Waals surface area contributed by atoms with Gasteiger partial charge in [0.05, 0.1) is 24.3 Å². The molecule has 0 amide bonds. The fourth-order valence-corrected chi connectivity index (χ4v) is 3.14. The molecular weight excluding hydrogens is 344 g/mol. The first-order valence-electron chi connectivity index (χ1n) is 7.78. The fourth-order valence-electron chi connectivity index (χ4n) is 2.21. The molecular formula is C17H22N2O5S. The van der Waals surface area contributed by atoms with E-state index in [0.717, 1.165) is 9.87 Å². The second-order valence-corrected chi connectivity index (χ2v) is 7.75. The lowest BCUT2D eigenvalue weighted by Crippen LogP contribution is -2.22. The van der Waals surface area contributed by atoms with Gasteiger partial charge in [-0.3, -0.25) is 0 Å². The number of aryl methyl sites for hydroxylation is 1. The van der Waals surface area contributed by atoms with Crippen molar-refractivity contribution in [3.8, 4) is 0 Å². The number of furan rings is 1. The molecule has 0 fully saturated rings. The number of sulfonamides is 1. The van der Waals surface area contributed by atoms with Gasteiger partial charge in [-0.05, 0) is 37.6 Å². The predicted octanol–water partition coefficient (Wildman–Crippen LogP) is 2.63. The number of anilines is 1. The molecule has 1 aromatic heterocycles. The molecule has 0 atom stereocenters. The first-order chi connectivity index (χ1) is 11.8. The van der Waals surface area contributed by atoms with Crippen molar-refractivity contribution in [2.45, 2.75) is 25.3 Å². The van der Waals surface area contributed by atoms with Crippen LogP contribution in [0.4, 0.5) is 5.69 Å². The Morgan fingerprint density at radius 3 is 2.64 bits per heavy atom. The smallest absolute Gasteiger partial charge is 0.341 e. The zero-order valence-electron chi connectivity index (χ0n) is 14.7. The van der Waals surface area contributed by atoms with E-state index in [2.05, 4.69) is 5.32 Å². The summed E-state index contributed by atoms with van der Waals surface area (Å²) in [6, 6.07) is 6.41. The van der Waals surface area contributed by atoms with E-state index in [1.54, 1.807) is 31.2 Å². The maximum Gasteiger partial charge on any atom is 0.341 e. The van der Waals surface area contributed by atoms with Crippen LogP contribution in [0.25, 0.3) is 0 Å². The van der Waals surface area contributed by atoms with Crippen LogP contribution in [-0.4, -0.2) is 39.4 Å². The third kappa shape index (κ3) is 4.21. The highest BCUT2D eigenvalue weighted by Crippen LogP contribution is 2.23. The Morgan fingerprint density at radius 1 is 1.28 bits per heavy atom. The highest BCUT2D eigenvalue weighted by molar-refractivity contribution is 7.89. The highest BCUT2D eigenvalue weighted by atomic mass is 32.2. The maximum atomic E-state index is 12.3. The van der Waals surface area contributed by atoms with Crippen LogP contribution in [0.1, 0.15) is 28.6 Å². The number of hydrogen-bond donors (Lipinski definition) is 1. The number of ether oxygens (including phenoxy) is 1. The minimum atomic E-state index is -3.52. The Balaban J connectivity index is 2.22. The van der Waals surface area contributed by atoms with Gasteiger partial charge in [0.15, 0.2) is 0 Å². The van der Waals surface area contributed by atoms with E-state index >= 15 is 0 Å². The molecule has 136 valence electrons. The van der Waals surface area contributed by atoms with Crippen molar-refractivity contribution in [1.82, 2.24) is 4.31 Å². The van der Waals surface area contributed by atoms with Crippen molar-refractivity contribution < 1.29 is 22.4 Å². The van der Waals surface area contributed by atoms with Crippen molar-refractivity contribution in [3.05, 3.63) is 47.4 Å². The molecule has 1 N–H and O–H groups in total. The average molecular weight is 366 g/mol. The molecule has 0 aliphatic rings. The van der Waals surface area contributed by atoms with Crippen LogP contribution in [0.3, 0.4) is 0 Å². The van der Waals surface area contributed by atoms with Crippen LogP contribution < -0.4 is 5.32 Å². The molecule has 0 unspecified atom stereocenters. The van der Waals surface area contributed by atoms with Gasteiger partial charge < -0.3 is 14.5 Å². The van der Waals surface area contributed by atoms with Gasteiger partial charge in [-0.15, -0.1) is 0 Å². The SMILES string of the molecule is CCOC(=O)c1ccoc1CNc1cc(S(=O)(=O)N(C)C)ccc1C. The Kier molecular flexibility index (Phi) is 5.86. The molecule has 0 radical (unpaired) electrons. The molecule has 0 spiro atoms. The molecule has 2 rings (SSSR count). The Bertz CT molecular complexity index is 856. The van der Waals surface area contributed by atoms with Gasteiger partial charge >= 0.3 is 5.97 Å². The Hall–Kier alpha value is -2.32. The molecule has 0 bridgehead atoms. The van der Waals surface area contributed by atoms with Gasteiger partial charge in [0.1, 0.15) is 11.3 Å². The summed E-state index contributed by atoms with van der Waals surface area (Å²) in [4.78, 5) is 12.1. The summed E-state index contributed by atoms with van der Waals surface area (Å²) in [5, 5.41) is 3.12. The summed E-state index contributed by atoms with van der Waals surface area (Å²) in [5.41, 5.74) is 1.88. The topological polar surface area (TPSA) is 88.8 Å². The molecule has 0 aliphatic carbocycles. The number of esters is 1. The fraction of sp³-hybridized carbons (Fsp3) is 0.353.